The summed E-state index contributed by atoms with van der Waals surface area (Å²) in [6.45, 7) is 6.83. The molecule has 0 aliphatic heterocycles. The molecular weight excluding hydrogens is 238 g/mol. The van der Waals surface area contributed by atoms with Crippen LogP contribution in [0.15, 0.2) is 16.7 Å². The molecule has 1 N–H and O–H groups in total. The lowest BCUT2D eigenvalue weighted by Gasteiger charge is -2.30. The van der Waals surface area contributed by atoms with Crippen molar-refractivity contribution in [1.29, 1.82) is 0 Å². The van der Waals surface area contributed by atoms with Gasteiger partial charge in [-0.15, -0.1) is 0 Å². The first-order valence-corrected chi connectivity index (χ1v) is 7.72. The largest absolute Gasteiger partial charge is 0.468 e. The molecule has 2 unspecified atom stereocenters. The predicted octanol–water partition coefficient (Wildman–Crippen LogP) is 3.87. The topological polar surface area (TPSA) is 34.4 Å². The van der Waals surface area contributed by atoms with Gasteiger partial charge in [0.15, 0.2) is 0 Å². The SMILES string of the molecule is CCNCc1occc1COC1CCCCC1CC. The van der Waals surface area contributed by atoms with Crippen LogP contribution in [0.4, 0.5) is 0 Å². The number of rotatable bonds is 7. The molecule has 0 radical (unpaired) electrons. The minimum absolute atomic E-state index is 0.445. The van der Waals surface area contributed by atoms with Gasteiger partial charge in [0, 0.05) is 5.56 Å². The molecule has 0 aromatic carbocycles. The Kier molecular flexibility index (Phi) is 5.93. The fraction of sp³-hybridized carbons (Fsp3) is 0.750. The zero-order valence-corrected chi connectivity index (χ0v) is 12.3. The molecule has 2 rings (SSSR count). The molecule has 3 heteroatoms. The molecule has 1 aliphatic rings. The van der Waals surface area contributed by atoms with Gasteiger partial charge in [-0.2, -0.15) is 0 Å². The number of nitrogens with one attached hydrogen (secondary N) is 1. The van der Waals surface area contributed by atoms with Gasteiger partial charge >= 0.3 is 0 Å². The Balaban J connectivity index is 1.85. The van der Waals surface area contributed by atoms with E-state index in [1.807, 2.05) is 6.07 Å². The van der Waals surface area contributed by atoms with Gasteiger partial charge in [-0.25, -0.2) is 0 Å². The molecule has 108 valence electrons. The molecule has 1 fully saturated rings. The zero-order chi connectivity index (χ0) is 13.5. The van der Waals surface area contributed by atoms with Crippen molar-refractivity contribution in [3.05, 3.63) is 23.7 Å². The summed E-state index contributed by atoms with van der Waals surface area (Å²) in [5.41, 5.74) is 1.20. The van der Waals surface area contributed by atoms with Crippen molar-refractivity contribution >= 4 is 0 Å². The maximum atomic E-state index is 6.16. The maximum absolute atomic E-state index is 6.16. The van der Waals surface area contributed by atoms with Gasteiger partial charge in [0.1, 0.15) is 5.76 Å². The molecular formula is C16H27NO2. The highest BCUT2D eigenvalue weighted by atomic mass is 16.5. The third-order valence-electron chi connectivity index (χ3n) is 4.19. The Bertz CT molecular complexity index is 361. The van der Waals surface area contributed by atoms with E-state index in [0.717, 1.165) is 24.8 Å². The number of furan rings is 1. The molecule has 3 nitrogen and oxygen atoms in total. The molecule has 1 heterocycles. The second-order valence-electron chi connectivity index (χ2n) is 5.45. The number of hydrogen-bond donors (Lipinski definition) is 1. The molecule has 1 aliphatic carbocycles. The summed E-state index contributed by atoms with van der Waals surface area (Å²) >= 11 is 0. The van der Waals surface area contributed by atoms with E-state index in [1.54, 1.807) is 6.26 Å². The maximum Gasteiger partial charge on any atom is 0.123 e. The first-order valence-electron chi connectivity index (χ1n) is 7.72. The third-order valence-corrected chi connectivity index (χ3v) is 4.19. The van der Waals surface area contributed by atoms with E-state index in [-0.39, 0.29) is 0 Å². The Morgan fingerprint density at radius 2 is 2.16 bits per heavy atom. The van der Waals surface area contributed by atoms with Gasteiger partial charge in [0.2, 0.25) is 0 Å². The van der Waals surface area contributed by atoms with Gasteiger partial charge in [-0.05, 0) is 31.4 Å². The van der Waals surface area contributed by atoms with E-state index in [2.05, 4.69) is 19.2 Å². The summed E-state index contributed by atoms with van der Waals surface area (Å²) in [6, 6.07) is 2.04. The van der Waals surface area contributed by atoms with Crippen molar-refractivity contribution in [2.75, 3.05) is 6.54 Å². The third kappa shape index (κ3) is 4.08. The first kappa shape index (κ1) is 14.6. The minimum Gasteiger partial charge on any atom is -0.468 e. The summed E-state index contributed by atoms with van der Waals surface area (Å²) in [6.07, 6.45) is 8.69. The van der Waals surface area contributed by atoms with E-state index >= 15 is 0 Å². The van der Waals surface area contributed by atoms with Crippen LogP contribution in [-0.2, 0) is 17.9 Å². The van der Waals surface area contributed by atoms with E-state index in [0.29, 0.717) is 12.7 Å². The van der Waals surface area contributed by atoms with Crippen molar-refractivity contribution in [3.8, 4) is 0 Å². The molecule has 1 saturated carbocycles. The van der Waals surface area contributed by atoms with Gasteiger partial charge in [0.05, 0.1) is 25.5 Å². The van der Waals surface area contributed by atoms with E-state index in [4.69, 9.17) is 9.15 Å². The van der Waals surface area contributed by atoms with Crippen LogP contribution in [0.5, 0.6) is 0 Å². The van der Waals surface area contributed by atoms with Crippen LogP contribution in [0.25, 0.3) is 0 Å². The Labute approximate surface area is 116 Å². The van der Waals surface area contributed by atoms with Crippen LogP contribution in [0.2, 0.25) is 0 Å². The van der Waals surface area contributed by atoms with Gasteiger partial charge < -0.3 is 14.5 Å². The van der Waals surface area contributed by atoms with Crippen LogP contribution in [0.1, 0.15) is 57.3 Å². The molecule has 0 bridgehead atoms. The smallest absolute Gasteiger partial charge is 0.123 e. The fourth-order valence-corrected chi connectivity index (χ4v) is 2.95. The standard InChI is InChI=1S/C16H27NO2/c1-3-13-7-5-6-8-15(13)19-12-14-9-10-18-16(14)11-17-4-2/h9-10,13,15,17H,3-8,11-12H2,1-2H3. The van der Waals surface area contributed by atoms with Crippen LogP contribution in [0.3, 0.4) is 0 Å². The summed E-state index contributed by atoms with van der Waals surface area (Å²) < 4.78 is 11.7. The zero-order valence-electron chi connectivity index (χ0n) is 12.3. The van der Waals surface area contributed by atoms with Crippen molar-refractivity contribution in [2.45, 2.75) is 65.2 Å². The number of hydrogen-bond acceptors (Lipinski definition) is 3. The molecule has 1 aromatic heterocycles. The molecule has 0 saturated heterocycles. The van der Waals surface area contributed by atoms with Crippen molar-refractivity contribution < 1.29 is 9.15 Å². The van der Waals surface area contributed by atoms with Gasteiger partial charge in [0.25, 0.3) is 0 Å². The van der Waals surface area contributed by atoms with Crippen molar-refractivity contribution in [2.24, 2.45) is 5.92 Å². The molecule has 0 amide bonds. The second-order valence-corrected chi connectivity index (χ2v) is 5.45. The predicted molar refractivity (Wildman–Crippen MR) is 76.9 cm³/mol. The van der Waals surface area contributed by atoms with Crippen LogP contribution in [-0.4, -0.2) is 12.6 Å². The summed E-state index contributed by atoms with van der Waals surface area (Å²) in [5.74, 6) is 1.77. The van der Waals surface area contributed by atoms with Gasteiger partial charge in [-0.1, -0.05) is 33.1 Å². The van der Waals surface area contributed by atoms with E-state index in [9.17, 15) is 0 Å². The highest BCUT2D eigenvalue weighted by Crippen LogP contribution is 2.30. The Morgan fingerprint density at radius 3 is 2.95 bits per heavy atom. The van der Waals surface area contributed by atoms with E-state index in [1.165, 1.54) is 37.7 Å². The summed E-state index contributed by atoms with van der Waals surface area (Å²) in [4.78, 5) is 0. The van der Waals surface area contributed by atoms with Crippen molar-refractivity contribution in [3.63, 3.8) is 0 Å². The summed E-state index contributed by atoms with van der Waals surface area (Å²) in [5, 5.41) is 3.30. The minimum atomic E-state index is 0.445. The average Bonchev–Trinajstić information content (AvgIpc) is 2.90. The van der Waals surface area contributed by atoms with Crippen LogP contribution in [0, 0.1) is 5.92 Å². The van der Waals surface area contributed by atoms with Crippen molar-refractivity contribution in [1.82, 2.24) is 5.32 Å². The monoisotopic (exact) mass is 265 g/mol. The van der Waals surface area contributed by atoms with E-state index < -0.39 is 0 Å². The molecule has 0 spiro atoms. The highest BCUT2D eigenvalue weighted by Gasteiger charge is 2.24. The second kappa shape index (κ2) is 7.71. The molecule has 19 heavy (non-hydrogen) atoms. The lowest BCUT2D eigenvalue weighted by molar-refractivity contribution is -0.0226. The average molecular weight is 265 g/mol. The number of ether oxygens (including phenoxy) is 1. The fourth-order valence-electron chi connectivity index (χ4n) is 2.95. The lowest BCUT2D eigenvalue weighted by Crippen LogP contribution is -2.27. The Morgan fingerprint density at radius 1 is 1.32 bits per heavy atom. The summed E-state index contributed by atoms with van der Waals surface area (Å²) in [7, 11) is 0. The van der Waals surface area contributed by atoms with Crippen LogP contribution >= 0.6 is 0 Å². The highest BCUT2D eigenvalue weighted by molar-refractivity contribution is 5.15. The van der Waals surface area contributed by atoms with Gasteiger partial charge in [-0.3, -0.25) is 0 Å². The quantitative estimate of drug-likeness (QED) is 0.812. The Hall–Kier alpha value is -0.800. The molecule has 2 atom stereocenters. The van der Waals surface area contributed by atoms with Crippen LogP contribution < -0.4 is 5.32 Å². The first-order chi connectivity index (χ1) is 9.35. The normalized spacial score (nSPS) is 23.7. The lowest BCUT2D eigenvalue weighted by atomic mass is 9.85. The molecule has 1 aromatic rings.